The summed E-state index contributed by atoms with van der Waals surface area (Å²) in [4.78, 5) is 24.9. The van der Waals surface area contributed by atoms with Gasteiger partial charge in [0.2, 0.25) is 5.91 Å². The van der Waals surface area contributed by atoms with Crippen molar-refractivity contribution in [3.63, 3.8) is 0 Å². The number of nitrogens with one attached hydrogen (secondary N) is 3. The summed E-state index contributed by atoms with van der Waals surface area (Å²) in [6.07, 6.45) is 1.68. The predicted octanol–water partition coefficient (Wildman–Crippen LogP) is 4.79. The molecule has 0 saturated carbocycles. The molecule has 3 aromatic rings. The molecule has 0 fully saturated rings. The van der Waals surface area contributed by atoms with Crippen LogP contribution in [0.5, 0.6) is 5.75 Å². The Balaban J connectivity index is 1.51. The van der Waals surface area contributed by atoms with Crippen molar-refractivity contribution in [3.05, 3.63) is 103 Å². The normalized spacial score (nSPS) is 11.2. The Kier molecular flexibility index (Phi) is 8.03. The van der Waals surface area contributed by atoms with Crippen LogP contribution >= 0.6 is 0 Å². The minimum Gasteiger partial charge on any atom is -0.490 e. The molecular weight excluding hydrogens is 402 g/mol. The standard InChI is InChI=1S/C26H27N3O3/c1-3-16-32-24-14-12-22(13-15-24)27-18-25(30)29-23-11-7-10-21(17-23)26(31)28-19(2)20-8-5-4-6-9-20/h3-15,17,19,27H,1,16,18H2,2H3,(H,28,31)(H,29,30). The number of carbonyl (C=O) groups is 2. The monoisotopic (exact) mass is 429 g/mol. The van der Waals surface area contributed by atoms with Gasteiger partial charge in [-0.3, -0.25) is 9.59 Å². The van der Waals surface area contributed by atoms with E-state index in [0.29, 0.717) is 17.9 Å². The average Bonchev–Trinajstić information content (AvgIpc) is 2.82. The Hall–Kier alpha value is -4.06. The zero-order chi connectivity index (χ0) is 22.8. The van der Waals surface area contributed by atoms with Crippen molar-refractivity contribution >= 4 is 23.2 Å². The van der Waals surface area contributed by atoms with Crippen LogP contribution in [0.3, 0.4) is 0 Å². The Morgan fingerprint density at radius 3 is 2.44 bits per heavy atom. The van der Waals surface area contributed by atoms with Gasteiger partial charge in [0.15, 0.2) is 0 Å². The van der Waals surface area contributed by atoms with Gasteiger partial charge in [0.1, 0.15) is 12.4 Å². The van der Waals surface area contributed by atoms with Crippen molar-refractivity contribution in [3.8, 4) is 5.75 Å². The van der Waals surface area contributed by atoms with Crippen LogP contribution in [-0.4, -0.2) is 25.0 Å². The van der Waals surface area contributed by atoms with E-state index in [2.05, 4.69) is 22.5 Å². The van der Waals surface area contributed by atoms with Crippen LogP contribution in [0, 0.1) is 0 Å². The number of carbonyl (C=O) groups excluding carboxylic acids is 2. The highest BCUT2D eigenvalue weighted by molar-refractivity contribution is 5.98. The molecule has 3 rings (SSSR count). The van der Waals surface area contributed by atoms with E-state index in [9.17, 15) is 9.59 Å². The zero-order valence-corrected chi connectivity index (χ0v) is 18.0. The molecule has 0 aliphatic heterocycles. The fraction of sp³-hybridized carbons (Fsp3) is 0.154. The minimum atomic E-state index is -0.216. The number of hydrogen-bond donors (Lipinski definition) is 3. The quantitative estimate of drug-likeness (QED) is 0.405. The third-order valence-corrected chi connectivity index (χ3v) is 4.73. The molecule has 0 aliphatic rings. The molecule has 0 heterocycles. The number of rotatable bonds is 10. The van der Waals surface area contributed by atoms with E-state index in [1.807, 2.05) is 61.5 Å². The summed E-state index contributed by atoms with van der Waals surface area (Å²) >= 11 is 0. The lowest BCUT2D eigenvalue weighted by atomic mass is 10.1. The van der Waals surface area contributed by atoms with Gasteiger partial charge >= 0.3 is 0 Å². The van der Waals surface area contributed by atoms with Crippen molar-refractivity contribution in [1.29, 1.82) is 0 Å². The molecule has 32 heavy (non-hydrogen) atoms. The highest BCUT2D eigenvalue weighted by atomic mass is 16.5. The molecule has 0 radical (unpaired) electrons. The molecule has 6 heteroatoms. The first kappa shape index (κ1) is 22.6. The summed E-state index contributed by atoms with van der Waals surface area (Å²) in [5.41, 5.74) is 2.87. The number of anilines is 2. The van der Waals surface area contributed by atoms with Crippen molar-refractivity contribution in [1.82, 2.24) is 5.32 Å². The molecule has 1 atom stereocenters. The second-order valence-electron chi connectivity index (χ2n) is 7.21. The lowest BCUT2D eigenvalue weighted by Gasteiger charge is -2.15. The second kappa shape index (κ2) is 11.4. The van der Waals surface area contributed by atoms with Crippen LogP contribution in [0.25, 0.3) is 0 Å². The van der Waals surface area contributed by atoms with Gasteiger partial charge in [0.25, 0.3) is 5.91 Å². The molecule has 0 aliphatic carbocycles. The molecule has 0 spiro atoms. The van der Waals surface area contributed by atoms with Crippen molar-refractivity contribution in [2.24, 2.45) is 0 Å². The van der Waals surface area contributed by atoms with Crippen LogP contribution in [0.2, 0.25) is 0 Å². The summed E-state index contributed by atoms with van der Waals surface area (Å²) in [7, 11) is 0. The Morgan fingerprint density at radius 1 is 0.969 bits per heavy atom. The second-order valence-corrected chi connectivity index (χ2v) is 7.21. The van der Waals surface area contributed by atoms with Crippen LogP contribution in [-0.2, 0) is 4.79 Å². The van der Waals surface area contributed by atoms with Crippen LogP contribution in [0.15, 0.2) is 91.5 Å². The van der Waals surface area contributed by atoms with Gasteiger partial charge in [-0.25, -0.2) is 0 Å². The van der Waals surface area contributed by atoms with E-state index < -0.39 is 0 Å². The van der Waals surface area contributed by atoms with E-state index >= 15 is 0 Å². The summed E-state index contributed by atoms with van der Waals surface area (Å²) in [5.74, 6) is 0.318. The molecule has 0 aromatic heterocycles. The third-order valence-electron chi connectivity index (χ3n) is 4.73. The lowest BCUT2D eigenvalue weighted by Crippen LogP contribution is -2.27. The van der Waals surface area contributed by atoms with Gasteiger partial charge in [-0.2, -0.15) is 0 Å². The fourth-order valence-corrected chi connectivity index (χ4v) is 3.05. The molecule has 1 unspecified atom stereocenters. The highest BCUT2D eigenvalue weighted by Gasteiger charge is 2.12. The van der Waals surface area contributed by atoms with Gasteiger partial charge in [-0.05, 0) is 55.0 Å². The van der Waals surface area contributed by atoms with Crippen molar-refractivity contribution in [2.75, 3.05) is 23.8 Å². The summed E-state index contributed by atoms with van der Waals surface area (Å²) in [5, 5.41) is 8.85. The minimum absolute atomic E-state index is 0.0916. The Morgan fingerprint density at radius 2 is 1.72 bits per heavy atom. The molecule has 6 nitrogen and oxygen atoms in total. The first-order valence-electron chi connectivity index (χ1n) is 10.4. The lowest BCUT2D eigenvalue weighted by molar-refractivity contribution is -0.114. The van der Waals surface area contributed by atoms with Crippen molar-refractivity contribution in [2.45, 2.75) is 13.0 Å². The zero-order valence-electron chi connectivity index (χ0n) is 18.0. The first-order chi connectivity index (χ1) is 15.5. The predicted molar refractivity (Wildman–Crippen MR) is 128 cm³/mol. The van der Waals surface area contributed by atoms with Gasteiger partial charge < -0.3 is 20.7 Å². The SMILES string of the molecule is C=CCOc1ccc(NCC(=O)Nc2cccc(C(=O)NC(C)c3ccccc3)c2)cc1. The maximum Gasteiger partial charge on any atom is 0.251 e. The third kappa shape index (κ3) is 6.74. The maximum atomic E-state index is 12.6. The van der Waals surface area contributed by atoms with E-state index in [0.717, 1.165) is 17.0 Å². The van der Waals surface area contributed by atoms with Crippen LogP contribution in [0.1, 0.15) is 28.9 Å². The average molecular weight is 430 g/mol. The number of amides is 2. The molecule has 2 amide bonds. The van der Waals surface area contributed by atoms with Crippen LogP contribution < -0.4 is 20.7 Å². The summed E-state index contributed by atoms with van der Waals surface area (Å²) in [6.45, 7) is 6.08. The van der Waals surface area contributed by atoms with Gasteiger partial charge in [0.05, 0.1) is 12.6 Å². The van der Waals surface area contributed by atoms with E-state index in [4.69, 9.17) is 4.74 Å². The Bertz CT molecular complexity index is 1050. The molecule has 3 N–H and O–H groups in total. The molecular formula is C26H27N3O3. The van der Waals surface area contributed by atoms with Crippen LogP contribution in [0.4, 0.5) is 11.4 Å². The fourth-order valence-electron chi connectivity index (χ4n) is 3.05. The van der Waals surface area contributed by atoms with Gasteiger partial charge in [-0.15, -0.1) is 0 Å². The van der Waals surface area contributed by atoms with Gasteiger partial charge in [0, 0.05) is 16.9 Å². The smallest absolute Gasteiger partial charge is 0.251 e. The number of benzene rings is 3. The number of ether oxygens (including phenoxy) is 1. The first-order valence-corrected chi connectivity index (χ1v) is 10.4. The molecule has 3 aromatic carbocycles. The summed E-state index contributed by atoms with van der Waals surface area (Å²) < 4.78 is 5.44. The van der Waals surface area contributed by atoms with E-state index in [-0.39, 0.29) is 24.4 Å². The Labute approximate surface area is 188 Å². The van der Waals surface area contributed by atoms with E-state index in [1.165, 1.54) is 0 Å². The molecule has 0 saturated heterocycles. The molecule has 164 valence electrons. The van der Waals surface area contributed by atoms with E-state index in [1.54, 1.807) is 30.3 Å². The van der Waals surface area contributed by atoms with Crippen molar-refractivity contribution < 1.29 is 14.3 Å². The number of hydrogen-bond acceptors (Lipinski definition) is 4. The molecule has 0 bridgehead atoms. The topological polar surface area (TPSA) is 79.5 Å². The van der Waals surface area contributed by atoms with Gasteiger partial charge in [-0.1, -0.05) is 49.1 Å². The summed E-state index contributed by atoms with van der Waals surface area (Å²) in [6, 6.07) is 23.8. The maximum absolute atomic E-state index is 12.6. The largest absolute Gasteiger partial charge is 0.490 e. The highest BCUT2D eigenvalue weighted by Crippen LogP contribution is 2.17.